The van der Waals surface area contributed by atoms with Gasteiger partial charge in [-0.1, -0.05) is 38.3 Å². The second kappa shape index (κ2) is 10.8. The van der Waals surface area contributed by atoms with E-state index in [1.165, 1.54) is 12.1 Å². The van der Waals surface area contributed by atoms with Crippen LogP contribution in [0, 0.1) is 0 Å². The van der Waals surface area contributed by atoms with Crippen LogP contribution in [0.1, 0.15) is 39.5 Å². The van der Waals surface area contributed by atoms with Crippen LogP contribution in [0.3, 0.4) is 0 Å². The number of hydrogen-bond acceptors (Lipinski definition) is 6. The lowest BCUT2D eigenvalue weighted by atomic mass is 10.2. The lowest BCUT2D eigenvalue weighted by molar-refractivity contribution is -0.138. The molecule has 1 unspecified atom stereocenters. The number of sulfonamides is 1. The van der Waals surface area contributed by atoms with Gasteiger partial charge >= 0.3 is 5.97 Å². The normalized spacial score (nSPS) is 13.4. The molecule has 0 aliphatic heterocycles. The second-order valence-electron chi connectivity index (χ2n) is 5.60. The number of halogens is 2. The summed E-state index contributed by atoms with van der Waals surface area (Å²) >= 11 is 6.46. The standard InChI is InChI=1S/C14H22ClNO6S3.ClH/c1-3-5-10(6-4-2)24(19,20)9-11(14(17)18)16-25(21,22)13-8-7-12(15)23-13;/h7-8,10-11,16H,3-6,9H2,1-2H3,(H,17,18);1H. The monoisotopic (exact) mass is 467 g/mol. The number of rotatable bonds is 11. The van der Waals surface area contributed by atoms with E-state index >= 15 is 0 Å². The van der Waals surface area contributed by atoms with Crippen molar-refractivity contribution < 1.29 is 26.7 Å². The molecule has 0 aliphatic rings. The summed E-state index contributed by atoms with van der Waals surface area (Å²) < 4.78 is 51.6. The summed E-state index contributed by atoms with van der Waals surface area (Å²) in [6, 6.07) is 0.845. The fourth-order valence-corrected chi connectivity index (χ4v) is 7.31. The maximum atomic E-state index is 12.5. The van der Waals surface area contributed by atoms with Crippen molar-refractivity contribution >= 4 is 61.2 Å². The molecule has 0 bridgehead atoms. The van der Waals surface area contributed by atoms with Crippen LogP contribution in [-0.2, 0) is 24.7 Å². The van der Waals surface area contributed by atoms with Crippen molar-refractivity contribution in [3.05, 3.63) is 16.5 Å². The average Bonchev–Trinajstić information content (AvgIpc) is 2.93. The highest BCUT2D eigenvalue weighted by atomic mass is 35.5. The van der Waals surface area contributed by atoms with E-state index in [-0.39, 0.29) is 21.0 Å². The third-order valence-corrected chi connectivity index (χ3v) is 9.02. The van der Waals surface area contributed by atoms with Crippen molar-refractivity contribution in [3.63, 3.8) is 0 Å². The van der Waals surface area contributed by atoms with Crippen molar-refractivity contribution in [2.24, 2.45) is 0 Å². The van der Waals surface area contributed by atoms with E-state index in [0.29, 0.717) is 25.7 Å². The third-order valence-electron chi connectivity index (χ3n) is 3.54. The van der Waals surface area contributed by atoms with Gasteiger partial charge < -0.3 is 5.11 Å². The van der Waals surface area contributed by atoms with E-state index in [4.69, 9.17) is 11.6 Å². The minimum Gasteiger partial charge on any atom is -0.480 e. The quantitative estimate of drug-likeness (QED) is 0.516. The summed E-state index contributed by atoms with van der Waals surface area (Å²) in [6.45, 7) is 3.69. The van der Waals surface area contributed by atoms with Gasteiger partial charge in [0.1, 0.15) is 10.3 Å². The van der Waals surface area contributed by atoms with Crippen molar-refractivity contribution in [1.82, 2.24) is 4.72 Å². The maximum Gasteiger partial charge on any atom is 0.322 e. The van der Waals surface area contributed by atoms with E-state index in [9.17, 15) is 26.7 Å². The largest absolute Gasteiger partial charge is 0.480 e. The molecule has 26 heavy (non-hydrogen) atoms. The molecule has 0 aromatic carbocycles. The van der Waals surface area contributed by atoms with Gasteiger partial charge in [-0.2, -0.15) is 4.72 Å². The number of carboxylic acid groups (broad SMARTS) is 1. The van der Waals surface area contributed by atoms with E-state index in [0.717, 1.165) is 11.3 Å². The molecule has 0 aliphatic carbocycles. The maximum absolute atomic E-state index is 12.5. The first-order valence-corrected chi connectivity index (χ1v) is 12.1. The smallest absolute Gasteiger partial charge is 0.322 e. The van der Waals surface area contributed by atoms with Crippen LogP contribution in [0.4, 0.5) is 0 Å². The Morgan fingerprint density at radius 2 is 1.73 bits per heavy atom. The fourth-order valence-electron chi connectivity index (χ4n) is 2.36. The molecular formula is C14H23Cl2NO6S3. The first-order chi connectivity index (χ1) is 11.5. The fraction of sp³-hybridized carbons (Fsp3) is 0.643. The molecule has 1 atom stereocenters. The lowest BCUT2D eigenvalue weighted by Crippen LogP contribution is -2.46. The zero-order valence-corrected chi connectivity index (χ0v) is 18.4. The first kappa shape index (κ1) is 25.6. The van der Waals surface area contributed by atoms with Crippen molar-refractivity contribution in [2.75, 3.05) is 5.75 Å². The van der Waals surface area contributed by atoms with Crippen LogP contribution in [0.2, 0.25) is 4.34 Å². The Morgan fingerprint density at radius 1 is 1.19 bits per heavy atom. The summed E-state index contributed by atoms with van der Waals surface area (Å²) in [5.41, 5.74) is 0. The van der Waals surface area contributed by atoms with Gasteiger partial charge in [0, 0.05) is 0 Å². The Bertz CT molecular complexity index is 785. The number of nitrogens with one attached hydrogen (secondary N) is 1. The average molecular weight is 468 g/mol. The van der Waals surface area contributed by atoms with Crippen molar-refractivity contribution in [1.29, 1.82) is 0 Å². The Labute approximate surface area is 169 Å². The molecular weight excluding hydrogens is 445 g/mol. The summed E-state index contributed by atoms with van der Waals surface area (Å²) in [4.78, 5) is 11.4. The highest BCUT2D eigenvalue weighted by Gasteiger charge is 2.34. The van der Waals surface area contributed by atoms with Crippen LogP contribution in [-0.4, -0.2) is 45.0 Å². The molecule has 152 valence electrons. The number of aliphatic carboxylic acids is 1. The molecule has 0 amide bonds. The predicted molar refractivity (Wildman–Crippen MR) is 106 cm³/mol. The van der Waals surface area contributed by atoms with Crippen LogP contribution in [0.5, 0.6) is 0 Å². The van der Waals surface area contributed by atoms with Gasteiger partial charge in [0.25, 0.3) is 10.0 Å². The number of sulfone groups is 1. The molecule has 1 aromatic rings. The SMILES string of the molecule is CCCC(CCC)S(=O)(=O)CC(NS(=O)(=O)c1ccc(Cl)s1)C(=O)O.Cl. The molecule has 2 N–H and O–H groups in total. The van der Waals surface area contributed by atoms with Crippen LogP contribution in [0.25, 0.3) is 0 Å². The van der Waals surface area contributed by atoms with Gasteiger partial charge in [-0.15, -0.1) is 23.7 Å². The molecule has 0 saturated carbocycles. The first-order valence-electron chi connectivity index (χ1n) is 7.75. The zero-order chi connectivity index (χ0) is 19.3. The van der Waals surface area contributed by atoms with E-state index in [1.54, 1.807) is 0 Å². The van der Waals surface area contributed by atoms with Crippen molar-refractivity contribution in [3.8, 4) is 0 Å². The van der Waals surface area contributed by atoms with Crippen molar-refractivity contribution in [2.45, 2.75) is 55.0 Å². The summed E-state index contributed by atoms with van der Waals surface area (Å²) in [6.07, 6.45) is 2.10. The third kappa shape index (κ3) is 7.32. The topological polar surface area (TPSA) is 118 Å². The van der Waals surface area contributed by atoms with Crippen LogP contribution < -0.4 is 4.72 Å². The minimum atomic E-state index is -4.17. The number of carbonyl (C=O) groups is 1. The van der Waals surface area contributed by atoms with Gasteiger partial charge in [0.2, 0.25) is 0 Å². The Balaban J connectivity index is 0.00000625. The molecule has 1 rings (SSSR count). The number of carboxylic acids is 1. The highest BCUT2D eigenvalue weighted by Crippen LogP contribution is 2.26. The summed E-state index contributed by atoms with van der Waals surface area (Å²) in [7, 11) is -7.94. The van der Waals surface area contributed by atoms with E-state index < -0.39 is 42.9 Å². The van der Waals surface area contributed by atoms with Gasteiger partial charge in [0.15, 0.2) is 9.84 Å². The van der Waals surface area contributed by atoms with Gasteiger partial charge in [-0.05, 0) is 25.0 Å². The molecule has 1 aromatic heterocycles. The highest BCUT2D eigenvalue weighted by molar-refractivity contribution is 7.92. The van der Waals surface area contributed by atoms with Crippen LogP contribution >= 0.6 is 35.3 Å². The molecule has 0 spiro atoms. The number of thiophene rings is 1. The molecule has 1 heterocycles. The summed E-state index contributed by atoms with van der Waals surface area (Å²) in [5.74, 6) is -2.33. The van der Waals surface area contributed by atoms with Gasteiger partial charge in [0.05, 0.1) is 15.3 Å². The molecule has 0 radical (unpaired) electrons. The Hall–Kier alpha value is -0.390. The summed E-state index contributed by atoms with van der Waals surface area (Å²) in [5, 5.41) is 8.60. The number of hydrogen-bond donors (Lipinski definition) is 2. The second-order valence-corrected chi connectivity index (χ2v) is 11.6. The molecule has 0 saturated heterocycles. The lowest BCUT2D eigenvalue weighted by Gasteiger charge is -2.20. The predicted octanol–water partition coefficient (Wildman–Crippen LogP) is 2.94. The molecule has 7 nitrogen and oxygen atoms in total. The van der Waals surface area contributed by atoms with E-state index in [2.05, 4.69) is 0 Å². The van der Waals surface area contributed by atoms with E-state index in [1.807, 2.05) is 18.6 Å². The Kier molecular flexibility index (Phi) is 10.7. The molecule has 12 heteroatoms. The molecule has 0 fully saturated rings. The van der Waals surface area contributed by atoms with Gasteiger partial charge in [-0.25, -0.2) is 16.8 Å². The minimum absolute atomic E-state index is 0. The zero-order valence-electron chi connectivity index (χ0n) is 14.3. The Morgan fingerprint density at radius 3 is 2.12 bits per heavy atom. The van der Waals surface area contributed by atoms with Crippen LogP contribution in [0.15, 0.2) is 16.3 Å². The van der Waals surface area contributed by atoms with Gasteiger partial charge in [-0.3, -0.25) is 4.79 Å².